The SMILES string of the molecule is COc1ccc(-[n+]2c(SCC(=O)NN=Cc3cccc(OC)c3[O-])n[nH]c2-c2ccc(C)cc2)cc1. The minimum absolute atomic E-state index is 0.0635. The molecular formula is C26H25N5O4S. The van der Waals surface area contributed by atoms with Crippen molar-refractivity contribution >= 4 is 23.9 Å². The lowest BCUT2D eigenvalue weighted by atomic mass is 10.1. The van der Waals surface area contributed by atoms with Gasteiger partial charge in [0.1, 0.15) is 17.2 Å². The summed E-state index contributed by atoms with van der Waals surface area (Å²) in [5.74, 6) is 1.16. The van der Waals surface area contributed by atoms with Crippen LogP contribution in [0.5, 0.6) is 17.2 Å². The lowest BCUT2D eigenvalue weighted by Gasteiger charge is -2.14. The zero-order chi connectivity index (χ0) is 25.5. The van der Waals surface area contributed by atoms with Gasteiger partial charge in [0, 0.05) is 0 Å². The molecule has 0 unspecified atom stereocenters. The van der Waals surface area contributed by atoms with Crippen LogP contribution in [-0.2, 0) is 4.79 Å². The molecule has 1 heterocycles. The third-order valence-corrected chi connectivity index (χ3v) is 6.22. The van der Waals surface area contributed by atoms with Crippen molar-refractivity contribution < 1.29 is 23.9 Å². The minimum Gasteiger partial charge on any atom is -0.870 e. The number of aryl methyl sites for hydroxylation is 1. The Hall–Kier alpha value is -4.31. The monoisotopic (exact) mass is 503 g/mol. The molecule has 0 spiro atoms. The van der Waals surface area contributed by atoms with Crippen molar-refractivity contribution in [2.75, 3.05) is 20.0 Å². The van der Waals surface area contributed by atoms with Crippen molar-refractivity contribution in [2.45, 2.75) is 12.1 Å². The molecular weight excluding hydrogens is 478 g/mol. The summed E-state index contributed by atoms with van der Waals surface area (Å²) in [6, 6.07) is 20.5. The lowest BCUT2D eigenvalue weighted by Crippen LogP contribution is -2.34. The van der Waals surface area contributed by atoms with Crippen LogP contribution in [0.1, 0.15) is 11.1 Å². The van der Waals surface area contributed by atoms with Crippen molar-refractivity contribution in [3.63, 3.8) is 0 Å². The number of hydrogen-bond donors (Lipinski definition) is 2. The van der Waals surface area contributed by atoms with E-state index in [1.54, 1.807) is 25.3 Å². The van der Waals surface area contributed by atoms with Crippen LogP contribution in [0.4, 0.5) is 0 Å². The Balaban J connectivity index is 1.51. The van der Waals surface area contributed by atoms with E-state index in [0.29, 0.717) is 10.7 Å². The molecule has 0 aliphatic carbocycles. The maximum absolute atomic E-state index is 12.4. The van der Waals surface area contributed by atoms with Crippen molar-refractivity contribution in [2.24, 2.45) is 5.10 Å². The number of benzene rings is 3. The van der Waals surface area contributed by atoms with E-state index in [2.05, 4.69) is 20.7 Å². The van der Waals surface area contributed by atoms with Gasteiger partial charge >= 0.3 is 5.16 Å². The van der Waals surface area contributed by atoms with Crippen LogP contribution in [0.25, 0.3) is 17.1 Å². The Morgan fingerprint density at radius 1 is 1.11 bits per heavy atom. The van der Waals surface area contributed by atoms with Crippen molar-refractivity contribution in [1.82, 2.24) is 15.6 Å². The number of thioether (sulfide) groups is 1. The lowest BCUT2D eigenvalue weighted by molar-refractivity contribution is -0.625. The predicted octanol–water partition coefficient (Wildman–Crippen LogP) is 3.00. The Bertz CT molecular complexity index is 1370. The number of rotatable bonds is 9. The van der Waals surface area contributed by atoms with Crippen molar-refractivity contribution in [3.05, 3.63) is 77.9 Å². The van der Waals surface area contributed by atoms with Crippen LogP contribution < -0.4 is 24.6 Å². The molecule has 0 saturated heterocycles. The number of hydrogen-bond acceptors (Lipinski definition) is 7. The van der Waals surface area contributed by atoms with Gasteiger partial charge in [-0.25, -0.2) is 5.43 Å². The van der Waals surface area contributed by atoms with E-state index in [1.165, 1.54) is 25.1 Å². The molecule has 0 fully saturated rings. The zero-order valence-corrected chi connectivity index (χ0v) is 20.8. The number of carbonyl (C=O) groups is 1. The van der Waals surface area contributed by atoms with Gasteiger partial charge in [-0.2, -0.15) is 9.67 Å². The first-order valence-electron chi connectivity index (χ1n) is 11.0. The first-order chi connectivity index (χ1) is 17.5. The first kappa shape index (κ1) is 24.8. The summed E-state index contributed by atoms with van der Waals surface area (Å²) in [7, 11) is 3.04. The Kier molecular flexibility index (Phi) is 7.86. The molecule has 3 aromatic carbocycles. The van der Waals surface area contributed by atoms with Crippen LogP contribution >= 0.6 is 11.8 Å². The average molecular weight is 504 g/mol. The fraction of sp³-hybridized carbons (Fsp3) is 0.154. The second-order valence-electron chi connectivity index (χ2n) is 7.71. The molecule has 2 N–H and O–H groups in total. The molecule has 1 aromatic heterocycles. The zero-order valence-electron chi connectivity index (χ0n) is 20.0. The molecule has 0 aliphatic rings. The van der Waals surface area contributed by atoms with E-state index in [1.807, 2.05) is 60.0 Å². The number of aromatic nitrogens is 3. The maximum Gasteiger partial charge on any atom is 0.342 e. The highest BCUT2D eigenvalue weighted by Crippen LogP contribution is 2.25. The van der Waals surface area contributed by atoms with Gasteiger partial charge in [0.25, 0.3) is 11.7 Å². The van der Waals surface area contributed by atoms with Crippen LogP contribution in [0.2, 0.25) is 0 Å². The standard InChI is InChI=1S/C26H25N5O4S/c1-17-7-9-18(10-8-17)25-29-30-26(31(25)20-11-13-21(34-2)14-12-20)36-16-23(32)28-27-15-19-5-4-6-22(35-3)24(19)33/h4-15H,16H2,1-3H3,(H2,27,28,32,33). The molecule has 0 radical (unpaired) electrons. The Labute approximate surface area is 212 Å². The van der Waals surface area contributed by atoms with Gasteiger partial charge in [-0.05, 0) is 66.7 Å². The minimum atomic E-state index is -0.340. The Morgan fingerprint density at radius 2 is 1.86 bits per heavy atom. The second kappa shape index (κ2) is 11.4. The van der Waals surface area contributed by atoms with E-state index in [0.717, 1.165) is 28.4 Å². The second-order valence-corrected chi connectivity index (χ2v) is 8.66. The number of ether oxygens (including phenoxy) is 2. The van der Waals surface area contributed by atoms with E-state index in [-0.39, 0.29) is 23.2 Å². The topological polar surface area (TPSA) is 116 Å². The largest absolute Gasteiger partial charge is 0.870 e. The number of nitrogens with one attached hydrogen (secondary N) is 2. The summed E-state index contributed by atoms with van der Waals surface area (Å²) >= 11 is 1.26. The number of H-pyrrole nitrogens is 1. The number of hydrazone groups is 1. The number of methoxy groups -OCH3 is 2. The van der Waals surface area contributed by atoms with Gasteiger partial charge in [0.15, 0.2) is 0 Å². The highest BCUT2D eigenvalue weighted by molar-refractivity contribution is 7.99. The quantitative estimate of drug-likeness (QED) is 0.157. The van der Waals surface area contributed by atoms with E-state index in [9.17, 15) is 9.90 Å². The molecule has 4 aromatic rings. The van der Waals surface area contributed by atoms with Crippen LogP contribution in [0.3, 0.4) is 0 Å². The molecule has 9 nitrogen and oxygen atoms in total. The van der Waals surface area contributed by atoms with E-state index in [4.69, 9.17) is 9.47 Å². The molecule has 184 valence electrons. The van der Waals surface area contributed by atoms with Crippen LogP contribution in [0, 0.1) is 6.92 Å². The van der Waals surface area contributed by atoms with Crippen molar-refractivity contribution in [3.8, 4) is 34.3 Å². The average Bonchev–Trinajstić information content (AvgIpc) is 3.33. The predicted molar refractivity (Wildman–Crippen MR) is 136 cm³/mol. The molecule has 10 heteroatoms. The van der Waals surface area contributed by atoms with E-state index < -0.39 is 0 Å². The fourth-order valence-electron chi connectivity index (χ4n) is 3.40. The molecule has 0 saturated carbocycles. The number of amides is 1. The first-order valence-corrected chi connectivity index (χ1v) is 12.0. The number of aromatic amines is 1. The fourth-order valence-corrected chi connectivity index (χ4v) is 4.16. The molecule has 0 aliphatic heterocycles. The maximum atomic E-state index is 12.4. The third kappa shape index (κ3) is 5.66. The summed E-state index contributed by atoms with van der Waals surface area (Å²) < 4.78 is 12.2. The normalized spacial score (nSPS) is 11.0. The molecule has 4 rings (SSSR count). The molecule has 0 atom stereocenters. The van der Waals surface area contributed by atoms with Crippen LogP contribution in [-0.4, -0.2) is 42.3 Å². The number of nitrogens with zero attached hydrogens (tertiary/aromatic N) is 3. The number of para-hydroxylation sites is 1. The molecule has 0 bridgehead atoms. The van der Waals surface area contributed by atoms with Gasteiger partial charge in [0.05, 0.1) is 36.8 Å². The van der Waals surface area contributed by atoms with E-state index >= 15 is 0 Å². The summed E-state index contributed by atoms with van der Waals surface area (Å²) in [5, 5.41) is 24.2. The van der Waals surface area contributed by atoms with Crippen molar-refractivity contribution in [1.29, 1.82) is 0 Å². The van der Waals surface area contributed by atoms with Gasteiger partial charge in [0.2, 0.25) is 0 Å². The summed E-state index contributed by atoms with van der Waals surface area (Å²) in [6.45, 7) is 2.03. The summed E-state index contributed by atoms with van der Waals surface area (Å²) in [6.07, 6.45) is 1.30. The summed E-state index contributed by atoms with van der Waals surface area (Å²) in [4.78, 5) is 12.4. The molecule has 1 amide bonds. The van der Waals surface area contributed by atoms with Gasteiger partial charge < -0.3 is 14.6 Å². The molecule has 36 heavy (non-hydrogen) atoms. The van der Waals surface area contributed by atoms with Gasteiger partial charge in [-0.1, -0.05) is 35.6 Å². The van der Waals surface area contributed by atoms with Gasteiger partial charge in [-0.3, -0.25) is 4.79 Å². The third-order valence-electron chi connectivity index (χ3n) is 5.28. The summed E-state index contributed by atoms with van der Waals surface area (Å²) in [5.41, 5.74) is 5.74. The highest BCUT2D eigenvalue weighted by atomic mass is 32.2. The number of carbonyl (C=O) groups excluding carboxylic acids is 1. The smallest absolute Gasteiger partial charge is 0.342 e. The van der Waals surface area contributed by atoms with Gasteiger partial charge in [-0.15, -0.1) is 5.10 Å². The Morgan fingerprint density at radius 3 is 2.56 bits per heavy atom. The highest BCUT2D eigenvalue weighted by Gasteiger charge is 2.24. The van der Waals surface area contributed by atoms with Crippen LogP contribution in [0.15, 0.2) is 77.0 Å².